The number of carbonyl (C=O) groups is 2. The van der Waals surface area contributed by atoms with E-state index in [2.05, 4.69) is 15.4 Å². The van der Waals surface area contributed by atoms with E-state index in [9.17, 15) is 18.0 Å². The number of hydrogen-bond donors (Lipinski definition) is 3. The largest absolute Gasteiger partial charge is 0.326 e. The third kappa shape index (κ3) is 6.77. The van der Waals surface area contributed by atoms with Gasteiger partial charge in [-0.05, 0) is 76.6 Å². The van der Waals surface area contributed by atoms with Crippen molar-refractivity contribution >= 4 is 33.2 Å². The second kappa shape index (κ2) is 10.6. The van der Waals surface area contributed by atoms with E-state index in [1.165, 1.54) is 6.42 Å². The van der Waals surface area contributed by atoms with Gasteiger partial charge < -0.3 is 10.6 Å². The van der Waals surface area contributed by atoms with E-state index >= 15 is 0 Å². The standard InChI is InChI=1S/C23H35N3O4S/c1-16(2)31(29,30)26-21-10-8-18(9-11-21)23(28)25-20-14-12-19(13-15-20)24-22(27)17-6-4-3-5-7-17/h12-18,21,26H,3-11H2,1-2H3,(H,24,27)(H,25,28)/t18-,21-. The molecule has 2 amide bonds. The molecular formula is C23H35N3O4S. The maximum Gasteiger partial charge on any atom is 0.227 e. The Morgan fingerprint density at radius 2 is 1.23 bits per heavy atom. The van der Waals surface area contributed by atoms with Crippen LogP contribution in [-0.2, 0) is 19.6 Å². The minimum Gasteiger partial charge on any atom is -0.326 e. The molecule has 7 nitrogen and oxygen atoms in total. The predicted octanol–water partition coefficient (Wildman–Crippen LogP) is 4.03. The van der Waals surface area contributed by atoms with Crippen LogP contribution < -0.4 is 15.4 Å². The van der Waals surface area contributed by atoms with Gasteiger partial charge in [0.1, 0.15) is 0 Å². The van der Waals surface area contributed by atoms with E-state index < -0.39 is 15.3 Å². The lowest BCUT2D eigenvalue weighted by Crippen LogP contribution is -2.42. The summed E-state index contributed by atoms with van der Waals surface area (Å²) in [6, 6.07) is 7.14. The van der Waals surface area contributed by atoms with Crippen LogP contribution in [0.5, 0.6) is 0 Å². The smallest absolute Gasteiger partial charge is 0.227 e. The second-order valence-corrected chi connectivity index (χ2v) is 11.4. The molecule has 2 saturated carbocycles. The lowest BCUT2D eigenvalue weighted by atomic mass is 9.86. The lowest BCUT2D eigenvalue weighted by Gasteiger charge is -2.28. The number of amides is 2. The molecule has 1 aromatic rings. The summed E-state index contributed by atoms with van der Waals surface area (Å²) in [6.07, 6.45) is 8.02. The molecule has 1 aromatic carbocycles. The van der Waals surface area contributed by atoms with Gasteiger partial charge in [0.25, 0.3) is 0 Å². The fourth-order valence-electron chi connectivity index (χ4n) is 4.33. The molecule has 0 saturated heterocycles. The molecule has 0 heterocycles. The van der Waals surface area contributed by atoms with Crippen LogP contribution in [0.4, 0.5) is 11.4 Å². The van der Waals surface area contributed by atoms with Gasteiger partial charge in [0, 0.05) is 29.3 Å². The number of sulfonamides is 1. The van der Waals surface area contributed by atoms with Gasteiger partial charge in [-0.2, -0.15) is 0 Å². The van der Waals surface area contributed by atoms with Gasteiger partial charge in [0.15, 0.2) is 0 Å². The van der Waals surface area contributed by atoms with Gasteiger partial charge in [-0.3, -0.25) is 9.59 Å². The van der Waals surface area contributed by atoms with Crippen molar-refractivity contribution in [3.05, 3.63) is 24.3 Å². The summed E-state index contributed by atoms with van der Waals surface area (Å²) in [7, 11) is -3.28. The average Bonchev–Trinajstić information content (AvgIpc) is 2.76. The molecule has 0 unspecified atom stereocenters. The van der Waals surface area contributed by atoms with Crippen LogP contribution in [0.2, 0.25) is 0 Å². The maximum absolute atomic E-state index is 12.6. The molecule has 3 rings (SSSR count). The van der Waals surface area contributed by atoms with Gasteiger partial charge in [-0.25, -0.2) is 13.1 Å². The molecule has 172 valence electrons. The Hall–Kier alpha value is -1.93. The monoisotopic (exact) mass is 449 g/mol. The van der Waals surface area contributed by atoms with E-state index in [4.69, 9.17) is 0 Å². The Morgan fingerprint density at radius 1 is 0.774 bits per heavy atom. The van der Waals surface area contributed by atoms with Gasteiger partial charge in [-0.1, -0.05) is 19.3 Å². The highest BCUT2D eigenvalue weighted by molar-refractivity contribution is 7.90. The Kier molecular flexibility index (Phi) is 8.11. The zero-order chi connectivity index (χ0) is 22.4. The molecule has 2 aliphatic carbocycles. The van der Waals surface area contributed by atoms with Crippen LogP contribution in [0.15, 0.2) is 24.3 Å². The minimum atomic E-state index is -3.28. The number of benzene rings is 1. The van der Waals surface area contributed by atoms with Gasteiger partial charge >= 0.3 is 0 Å². The molecule has 0 aromatic heterocycles. The van der Waals surface area contributed by atoms with Gasteiger partial charge in [0.2, 0.25) is 21.8 Å². The van der Waals surface area contributed by atoms with Crippen LogP contribution in [0, 0.1) is 11.8 Å². The van der Waals surface area contributed by atoms with E-state index in [0.29, 0.717) is 31.4 Å². The molecule has 0 aliphatic heterocycles. The first-order valence-electron chi connectivity index (χ1n) is 11.5. The fourth-order valence-corrected chi connectivity index (χ4v) is 5.30. The van der Waals surface area contributed by atoms with E-state index in [-0.39, 0.29) is 29.7 Å². The Bertz CT molecular complexity index is 853. The predicted molar refractivity (Wildman–Crippen MR) is 123 cm³/mol. The summed E-state index contributed by atoms with van der Waals surface area (Å²) < 4.78 is 26.8. The first-order chi connectivity index (χ1) is 14.7. The summed E-state index contributed by atoms with van der Waals surface area (Å²) in [5.74, 6) is 0.0317. The van der Waals surface area contributed by atoms with Crippen molar-refractivity contribution in [1.82, 2.24) is 4.72 Å². The van der Waals surface area contributed by atoms with Crippen molar-refractivity contribution in [2.45, 2.75) is 82.9 Å². The highest BCUT2D eigenvalue weighted by Crippen LogP contribution is 2.27. The summed E-state index contributed by atoms with van der Waals surface area (Å²) in [4.78, 5) is 25.0. The summed E-state index contributed by atoms with van der Waals surface area (Å²) >= 11 is 0. The first kappa shape index (κ1) is 23.7. The van der Waals surface area contributed by atoms with Gasteiger partial charge in [-0.15, -0.1) is 0 Å². The molecule has 2 fully saturated rings. The molecule has 3 N–H and O–H groups in total. The Balaban J connectivity index is 1.45. The Morgan fingerprint density at radius 3 is 1.68 bits per heavy atom. The molecule has 0 spiro atoms. The molecular weight excluding hydrogens is 414 g/mol. The van der Waals surface area contributed by atoms with E-state index in [1.54, 1.807) is 26.0 Å². The number of nitrogens with one attached hydrogen (secondary N) is 3. The third-order valence-electron chi connectivity index (χ3n) is 6.45. The third-order valence-corrected chi connectivity index (χ3v) is 8.35. The van der Waals surface area contributed by atoms with Crippen molar-refractivity contribution < 1.29 is 18.0 Å². The first-order valence-corrected chi connectivity index (χ1v) is 13.0. The zero-order valence-electron chi connectivity index (χ0n) is 18.5. The van der Waals surface area contributed by atoms with Crippen molar-refractivity contribution in [2.24, 2.45) is 11.8 Å². The summed E-state index contributed by atoms with van der Waals surface area (Å²) in [6.45, 7) is 3.32. The topological polar surface area (TPSA) is 104 Å². The van der Waals surface area contributed by atoms with E-state index in [0.717, 1.165) is 31.4 Å². The molecule has 0 radical (unpaired) electrons. The molecule has 2 aliphatic rings. The highest BCUT2D eigenvalue weighted by atomic mass is 32.2. The molecule has 0 atom stereocenters. The van der Waals surface area contributed by atoms with Crippen molar-refractivity contribution in [2.75, 3.05) is 10.6 Å². The zero-order valence-corrected chi connectivity index (χ0v) is 19.3. The second-order valence-electron chi connectivity index (χ2n) is 9.15. The number of rotatable bonds is 7. The van der Waals surface area contributed by atoms with Crippen molar-refractivity contribution in [3.63, 3.8) is 0 Å². The van der Waals surface area contributed by atoms with Crippen molar-refractivity contribution in [1.29, 1.82) is 0 Å². The SMILES string of the molecule is CC(C)S(=O)(=O)N[C@H]1CC[C@H](C(=O)Nc2ccc(NC(=O)C3CCCCC3)cc2)CC1. The van der Waals surface area contributed by atoms with Gasteiger partial charge in [0.05, 0.1) is 5.25 Å². The fraction of sp³-hybridized carbons (Fsp3) is 0.652. The molecule has 8 heteroatoms. The maximum atomic E-state index is 12.6. The van der Waals surface area contributed by atoms with Crippen LogP contribution in [0.25, 0.3) is 0 Å². The lowest BCUT2D eigenvalue weighted by molar-refractivity contribution is -0.121. The quantitative estimate of drug-likeness (QED) is 0.584. The van der Waals surface area contributed by atoms with Crippen LogP contribution >= 0.6 is 0 Å². The summed E-state index contributed by atoms with van der Waals surface area (Å²) in [5.41, 5.74) is 1.44. The van der Waals surface area contributed by atoms with E-state index in [1.807, 2.05) is 12.1 Å². The number of carbonyl (C=O) groups excluding carboxylic acids is 2. The normalized spacial score (nSPS) is 22.8. The van der Waals surface area contributed by atoms with Crippen LogP contribution in [0.1, 0.15) is 71.6 Å². The number of hydrogen-bond acceptors (Lipinski definition) is 4. The average molecular weight is 450 g/mol. The molecule has 31 heavy (non-hydrogen) atoms. The number of anilines is 2. The van der Waals surface area contributed by atoms with Crippen molar-refractivity contribution in [3.8, 4) is 0 Å². The Labute approximate surface area is 185 Å². The summed E-state index contributed by atoms with van der Waals surface area (Å²) in [5, 5.41) is 5.47. The van der Waals surface area contributed by atoms with Crippen LogP contribution in [-0.4, -0.2) is 31.5 Å². The highest BCUT2D eigenvalue weighted by Gasteiger charge is 2.29. The molecule has 0 bridgehead atoms. The minimum absolute atomic E-state index is 0.0378. The van der Waals surface area contributed by atoms with Crippen LogP contribution in [0.3, 0.4) is 0 Å².